The van der Waals surface area contributed by atoms with Gasteiger partial charge in [0.25, 0.3) is 0 Å². The smallest absolute Gasteiger partial charge is 0.126 e. The summed E-state index contributed by atoms with van der Waals surface area (Å²) in [6.07, 6.45) is -1.39. The molecule has 0 heterocycles. The molecule has 0 aromatic carbocycles. The number of rotatable bonds is 7. The zero-order chi connectivity index (χ0) is 12.0. The highest BCUT2D eigenvalue weighted by Crippen LogP contribution is 1.98. The maximum atomic E-state index is 11.6. The van der Waals surface area contributed by atoms with E-state index in [2.05, 4.69) is 0 Å². The Morgan fingerprint density at radius 1 is 1.20 bits per heavy atom. The molecule has 1 nitrogen and oxygen atoms in total. The Hall–Kier alpha value is 0.384. The molecule has 12 heteroatoms. The second kappa shape index (κ2) is 7.62. The predicted molar refractivity (Wildman–Crippen MR) is 78.6 cm³/mol. The summed E-state index contributed by atoms with van der Waals surface area (Å²) in [7, 11) is 30.2. The summed E-state index contributed by atoms with van der Waals surface area (Å²) < 4.78 is 0. The van der Waals surface area contributed by atoms with E-state index in [4.69, 9.17) is 38.7 Å². The lowest BCUT2D eigenvalue weighted by molar-refractivity contribution is -0.111. The van der Waals surface area contributed by atoms with Crippen LogP contribution in [0.25, 0.3) is 0 Å². The fraction of sp³-hybridized carbons (Fsp3) is 0.667. The van der Waals surface area contributed by atoms with Crippen molar-refractivity contribution in [3.63, 3.8) is 0 Å². The van der Waals surface area contributed by atoms with Crippen LogP contribution in [0.3, 0.4) is 0 Å². The molecule has 0 rings (SSSR count). The van der Waals surface area contributed by atoms with Crippen molar-refractivity contribution >= 4 is 84.1 Å². The average Bonchev–Trinajstić information content (AvgIpc) is 2.22. The maximum absolute atomic E-state index is 11.6. The van der Waals surface area contributed by atoms with E-state index in [0.717, 1.165) is 0 Å². The van der Waals surface area contributed by atoms with Crippen LogP contribution in [0, 0.1) is 0 Å². The van der Waals surface area contributed by atoms with Crippen LogP contribution in [0.15, 0.2) is 0 Å². The summed E-state index contributed by atoms with van der Waals surface area (Å²) in [6, 6.07) is 0. The van der Waals surface area contributed by atoms with Crippen molar-refractivity contribution in [3.8, 4) is 0 Å². The quantitative estimate of drug-likeness (QED) is 0.364. The van der Waals surface area contributed by atoms with Crippen molar-refractivity contribution in [1.82, 2.24) is 0 Å². The number of hydrogen-bond donors (Lipinski definition) is 0. The number of hydrogen-bond acceptors (Lipinski definition) is 1. The molecule has 0 bridgehead atoms. The first kappa shape index (κ1) is 15.4. The monoisotopic (exact) mass is 178 g/mol. The van der Waals surface area contributed by atoms with Gasteiger partial charge in [-0.2, -0.15) is 0 Å². The van der Waals surface area contributed by atoms with E-state index in [1.807, 2.05) is 0 Å². The molecule has 15 heavy (non-hydrogen) atoms. The Morgan fingerprint density at radius 3 is 2.00 bits per heavy atom. The van der Waals surface area contributed by atoms with Gasteiger partial charge in [0.1, 0.15) is 6.49 Å². The van der Waals surface area contributed by atoms with Crippen LogP contribution in [0.5, 0.6) is 0 Å². The Kier molecular flexibility index (Phi) is 7.82. The summed E-state index contributed by atoms with van der Waals surface area (Å²) in [4.78, 5) is 11.6. The lowest BCUT2D eigenvalue weighted by Crippen LogP contribution is -2.67. The van der Waals surface area contributed by atoms with Crippen molar-refractivity contribution in [2.45, 2.75) is 13.3 Å². The van der Waals surface area contributed by atoms with E-state index in [9.17, 15) is 4.79 Å². The van der Waals surface area contributed by atoms with Crippen molar-refractivity contribution in [2.75, 3.05) is 0 Å². The van der Waals surface area contributed by atoms with E-state index in [1.165, 1.54) is 14.1 Å². The molecule has 56 valence electrons. The maximum Gasteiger partial charge on any atom is 0.126 e. The van der Waals surface area contributed by atoms with E-state index in [-0.39, 0.29) is 5.68 Å². The zero-order valence-corrected chi connectivity index (χ0v) is 8.97. The topological polar surface area (TPSA) is 17.1 Å². The highest BCUT2D eigenvalue weighted by atomic mass is 16.1. The second-order valence-electron chi connectivity index (χ2n) is 3.46. The van der Waals surface area contributed by atoms with Gasteiger partial charge in [0.2, 0.25) is 0 Å². The second-order valence-corrected chi connectivity index (χ2v) is 3.46. The summed E-state index contributed by atoms with van der Waals surface area (Å²) in [5.41, 5.74) is -0.0611. The van der Waals surface area contributed by atoms with Gasteiger partial charge in [0, 0.05) is 72.0 Å². The van der Waals surface area contributed by atoms with Crippen LogP contribution in [0.2, 0.25) is 0 Å². The first-order valence-electron chi connectivity index (χ1n) is 4.89. The van der Waals surface area contributed by atoms with Gasteiger partial charge in [-0.15, -0.1) is 0 Å². The van der Waals surface area contributed by atoms with Crippen molar-refractivity contribution < 1.29 is 4.79 Å². The fourth-order valence-electron chi connectivity index (χ4n) is 1.54. The third-order valence-electron chi connectivity index (χ3n) is 2.44. The van der Waals surface area contributed by atoms with Crippen LogP contribution in [-0.4, -0.2) is 84.1 Å². The molecule has 0 amide bonds. The van der Waals surface area contributed by atoms with E-state index < -0.39 is 25.6 Å². The normalized spacial score (nSPS) is 8.87. The molecule has 0 aliphatic rings. The van der Waals surface area contributed by atoms with Gasteiger partial charge >= 0.3 is 0 Å². The van der Waals surface area contributed by atoms with Crippen molar-refractivity contribution in [3.05, 3.63) is 0 Å². The highest BCUT2D eigenvalue weighted by Gasteiger charge is 2.36. The highest BCUT2D eigenvalue weighted by molar-refractivity contribution is 8.00. The van der Waals surface area contributed by atoms with Gasteiger partial charge in [-0.1, -0.05) is 6.92 Å². The zero-order valence-electron chi connectivity index (χ0n) is 8.97. The Morgan fingerprint density at radius 2 is 1.73 bits per heavy atom. The Balaban J connectivity index is 4.77. The molecular formula is C3H5B11O. The molecule has 0 aromatic rings. The average molecular weight is 176 g/mol. The van der Waals surface area contributed by atoms with E-state index in [0.29, 0.717) is 6.42 Å². The minimum Gasteiger partial charge on any atom is -0.313 e. The van der Waals surface area contributed by atoms with Crippen LogP contribution in [0.1, 0.15) is 13.3 Å². The lowest BCUT2D eigenvalue weighted by atomic mass is 8.58. The summed E-state index contributed by atoms with van der Waals surface area (Å²) in [6.45, 7) is 1.15. The molecule has 0 unspecified atom stereocenters. The third-order valence-corrected chi connectivity index (χ3v) is 2.44. The van der Waals surface area contributed by atoms with Gasteiger partial charge in [-0.05, 0) is 6.42 Å². The molecule has 0 atom stereocenters. The lowest BCUT2D eigenvalue weighted by Gasteiger charge is -2.27. The van der Waals surface area contributed by atoms with Crippen molar-refractivity contribution in [1.29, 1.82) is 0 Å². The van der Waals surface area contributed by atoms with Crippen molar-refractivity contribution in [2.24, 2.45) is 0 Å². The molecule has 0 spiro atoms. The Bertz CT molecular complexity index is 194. The number of carbonyl (C=O) groups excluding carboxylic acids is 1. The molecule has 0 fully saturated rings. The molecule has 0 saturated heterocycles. The van der Waals surface area contributed by atoms with Crippen LogP contribution in [0.4, 0.5) is 0 Å². The minimum absolute atomic E-state index is 0.0611. The van der Waals surface area contributed by atoms with E-state index in [1.54, 1.807) is 6.92 Å². The van der Waals surface area contributed by atoms with E-state index >= 15 is 0 Å². The molecule has 0 saturated carbocycles. The minimum atomic E-state index is -0.784. The van der Waals surface area contributed by atoms with Crippen LogP contribution >= 0.6 is 0 Å². The SMILES string of the molecule is [B][B]B([B])B([B][B])B(B([B])[B])C(=O)CC. The van der Waals surface area contributed by atoms with Gasteiger partial charge < -0.3 is 4.79 Å². The molecular weight excluding hydrogens is 171 g/mol. The van der Waals surface area contributed by atoms with Crippen LogP contribution in [-0.2, 0) is 4.79 Å². The molecule has 0 aromatic heterocycles. The first-order valence-corrected chi connectivity index (χ1v) is 4.89. The van der Waals surface area contributed by atoms with Gasteiger partial charge in [-0.3, -0.25) is 0 Å². The number of carbonyl (C=O) groups is 1. The summed E-state index contributed by atoms with van der Waals surface area (Å²) >= 11 is 0. The molecule has 12 radical (unpaired) electrons. The van der Waals surface area contributed by atoms with Gasteiger partial charge in [0.05, 0.1) is 5.68 Å². The predicted octanol–water partition coefficient (Wildman–Crippen LogP) is -3.72. The molecule has 0 aliphatic heterocycles. The van der Waals surface area contributed by atoms with Crippen LogP contribution < -0.4 is 0 Å². The molecule has 0 N–H and O–H groups in total. The Labute approximate surface area is 102 Å². The summed E-state index contributed by atoms with van der Waals surface area (Å²) in [5, 5.41) is 0. The third kappa shape index (κ3) is 4.40. The first-order chi connectivity index (χ1) is 6.99. The summed E-state index contributed by atoms with van der Waals surface area (Å²) in [5.74, 6) is 0. The fourth-order valence-corrected chi connectivity index (χ4v) is 1.54. The largest absolute Gasteiger partial charge is 0.313 e. The standard InChI is InChI=1S/C3H5B11O/c1-2-3(15)11(12(6)7)14(10-5)13(8)9-4/h2H2,1H3. The molecule has 0 aliphatic carbocycles. The van der Waals surface area contributed by atoms with Gasteiger partial charge in [-0.25, -0.2) is 0 Å². The van der Waals surface area contributed by atoms with Gasteiger partial charge in [0.15, 0.2) is 0 Å².